The Hall–Kier alpha value is -3.02. The lowest BCUT2D eigenvalue weighted by Gasteiger charge is -2.35. The van der Waals surface area contributed by atoms with Crippen LogP contribution < -0.4 is 10.6 Å². The van der Waals surface area contributed by atoms with Crippen LogP contribution in [0.15, 0.2) is 18.3 Å². The lowest BCUT2D eigenvalue weighted by Crippen LogP contribution is -2.54. The third kappa shape index (κ3) is 6.33. The number of rotatable bonds is 4. The van der Waals surface area contributed by atoms with Crippen LogP contribution in [-0.4, -0.2) is 71.8 Å². The first-order valence-electron chi connectivity index (χ1n) is 8.90. The molecular formula is C18H26N6O3. The van der Waals surface area contributed by atoms with E-state index in [2.05, 4.69) is 21.7 Å². The van der Waals surface area contributed by atoms with E-state index in [1.165, 1.54) is 0 Å². The van der Waals surface area contributed by atoms with Crippen molar-refractivity contribution in [1.29, 1.82) is 5.26 Å². The van der Waals surface area contributed by atoms with E-state index in [1.807, 2.05) is 20.8 Å². The topological polar surface area (TPSA) is 111 Å². The van der Waals surface area contributed by atoms with Crippen LogP contribution in [0.3, 0.4) is 0 Å². The number of nitrogens with one attached hydrogen (secondary N) is 2. The fourth-order valence-electron chi connectivity index (χ4n) is 2.52. The zero-order valence-corrected chi connectivity index (χ0v) is 16.0. The van der Waals surface area contributed by atoms with Crippen LogP contribution in [0, 0.1) is 11.3 Å². The first-order valence-corrected chi connectivity index (χ1v) is 8.90. The lowest BCUT2D eigenvalue weighted by molar-refractivity contribution is 0.0170. The van der Waals surface area contributed by atoms with Crippen molar-refractivity contribution in [3.05, 3.63) is 23.9 Å². The summed E-state index contributed by atoms with van der Waals surface area (Å²) in [5.41, 5.74) is -0.0699. The van der Waals surface area contributed by atoms with Crippen molar-refractivity contribution >= 4 is 17.9 Å². The molecule has 1 fully saturated rings. The number of carbonyl (C=O) groups excluding carboxylic acids is 2. The molecule has 0 spiro atoms. The van der Waals surface area contributed by atoms with E-state index in [0.717, 1.165) is 0 Å². The normalized spacial score (nSPS) is 14.3. The van der Waals surface area contributed by atoms with Gasteiger partial charge in [0.05, 0.1) is 5.56 Å². The van der Waals surface area contributed by atoms with Gasteiger partial charge in [-0.1, -0.05) is 0 Å². The minimum atomic E-state index is -0.530. The second kappa shape index (κ2) is 9.07. The van der Waals surface area contributed by atoms with Gasteiger partial charge in [-0.25, -0.2) is 14.6 Å². The van der Waals surface area contributed by atoms with Crippen molar-refractivity contribution in [2.45, 2.75) is 26.4 Å². The molecule has 9 nitrogen and oxygen atoms in total. The quantitative estimate of drug-likeness (QED) is 0.775. The maximum absolute atomic E-state index is 12.2. The van der Waals surface area contributed by atoms with Crippen molar-refractivity contribution in [2.24, 2.45) is 0 Å². The van der Waals surface area contributed by atoms with E-state index < -0.39 is 5.60 Å². The maximum Gasteiger partial charge on any atom is 0.410 e. The highest BCUT2D eigenvalue weighted by molar-refractivity contribution is 5.75. The SMILES string of the molecule is CC(C)(C)OC(=O)N1CCN(C(=O)NCCNc2ncccc2C#N)CC1. The molecule has 0 aromatic carbocycles. The zero-order valence-electron chi connectivity index (χ0n) is 16.0. The van der Waals surface area contributed by atoms with Gasteiger partial charge in [0.25, 0.3) is 0 Å². The van der Waals surface area contributed by atoms with Crippen LogP contribution in [0.4, 0.5) is 15.4 Å². The van der Waals surface area contributed by atoms with Gasteiger partial charge in [0, 0.05) is 45.5 Å². The first kappa shape index (κ1) is 20.3. The minimum absolute atomic E-state index is 0.179. The molecule has 0 radical (unpaired) electrons. The third-order valence-electron chi connectivity index (χ3n) is 3.84. The van der Waals surface area contributed by atoms with Gasteiger partial charge in [-0.15, -0.1) is 0 Å². The van der Waals surface area contributed by atoms with Crippen molar-refractivity contribution in [3.63, 3.8) is 0 Å². The van der Waals surface area contributed by atoms with Gasteiger partial charge in [0.1, 0.15) is 17.5 Å². The maximum atomic E-state index is 12.2. The predicted molar refractivity (Wildman–Crippen MR) is 100 cm³/mol. The average Bonchev–Trinajstić information content (AvgIpc) is 2.64. The Labute approximate surface area is 159 Å². The van der Waals surface area contributed by atoms with E-state index in [0.29, 0.717) is 50.6 Å². The number of urea groups is 1. The van der Waals surface area contributed by atoms with Crippen molar-refractivity contribution in [1.82, 2.24) is 20.1 Å². The molecule has 1 saturated heterocycles. The lowest BCUT2D eigenvalue weighted by atomic mass is 10.2. The molecular weight excluding hydrogens is 348 g/mol. The number of carbonyl (C=O) groups is 2. The molecule has 0 unspecified atom stereocenters. The second-order valence-corrected chi connectivity index (χ2v) is 7.12. The van der Waals surface area contributed by atoms with Crippen LogP contribution in [-0.2, 0) is 4.74 Å². The van der Waals surface area contributed by atoms with Crippen LogP contribution in [0.25, 0.3) is 0 Å². The molecule has 1 aromatic heterocycles. The Morgan fingerprint density at radius 3 is 2.52 bits per heavy atom. The van der Waals surface area contributed by atoms with Crippen molar-refractivity contribution in [2.75, 3.05) is 44.6 Å². The Kier molecular flexibility index (Phi) is 6.82. The molecule has 27 heavy (non-hydrogen) atoms. The fraction of sp³-hybridized carbons (Fsp3) is 0.556. The first-order chi connectivity index (χ1) is 12.8. The summed E-state index contributed by atoms with van der Waals surface area (Å²) in [4.78, 5) is 31.6. The van der Waals surface area contributed by atoms with Gasteiger partial charge in [-0.2, -0.15) is 5.26 Å². The molecule has 0 saturated carbocycles. The third-order valence-corrected chi connectivity index (χ3v) is 3.84. The fourth-order valence-corrected chi connectivity index (χ4v) is 2.52. The van der Waals surface area contributed by atoms with E-state index >= 15 is 0 Å². The standard InChI is InChI=1S/C18H26N6O3/c1-18(2,3)27-17(26)24-11-9-23(10-12-24)16(25)22-8-7-21-15-14(13-19)5-4-6-20-15/h4-6H,7-12H2,1-3H3,(H,20,21)(H,22,25). The smallest absolute Gasteiger partial charge is 0.410 e. The molecule has 1 aliphatic heterocycles. The van der Waals surface area contributed by atoms with Gasteiger partial charge in [-0.05, 0) is 32.9 Å². The summed E-state index contributed by atoms with van der Waals surface area (Å²) in [6.45, 7) is 8.13. The highest BCUT2D eigenvalue weighted by Crippen LogP contribution is 2.12. The zero-order chi connectivity index (χ0) is 19.9. The number of piperazine rings is 1. The average molecular weight is 374 g/mol. The van der Waals surface area contributed by atoms with Crippen LogP contribution in [0.1, 0.15) is 26.3 Å². The molecule has 0 aliphatic carbocycles. The van der Waals surface area contributed by atoms with Gasteiger partial charge in [-0.3, -0.25) is 0 Å². The number of nitrogens with zero attached hydrogens (tertiary/aromatic N) is 4. The van der Waals surface area contributed by atoms with Gasteiger partial charge < -0.3 is 25.2 Å². The highest BCUT2D eigenvalue weighted by Gasteiger charge is 2.27. The molecule has 1 aromatic rings. The second-order valence-electron chi connectivity index (χ2n) is 7.12. The molecule has 3 amide bonds. The number of amides is 3. The van der Waals surface area contributed by atoms with Crippen LogP contribution >= 0.6 is 0 Å². The summed E-state index contributed by atoms with van der Waals surface area (Å²) in [6.07, 6.45) is 1.25. The van der Waals surface area contributed by atoms with Crippen molar-refractivity contribution in [3.8, 4) is 6.07 Å². The van der Waals surface area contributed by atoms with Gasteiger partial charge >= 0.3 is 12.1 Å². The number of hydrogen-bond acceptors (Lipinski definition) is 6. The van der Waals surface area contributed by atoms with E-state index in [9.17, 15) is 9.59 Å². The number of pyridine rings is 1. The molecule has 0 bridgehead atoms. The Balaban J connectivity index is 1.69. The summed E-state index contributed by atoms with van der Waals surface area (Å²) in [5, 5.41) is 14.9. The van der Waals surface area contributed by atoms with E-state index in [-0.39, 0.29) is 12.1 Å². The summed E-state index contributed by atoms with van der Waals surface area (Å²) >= 11 is 0. The summed E-state index contributed by atoms with van der Waals surface area (Å²) in [6, 6.07) is 5.26. The summed E-state index contributed by atoms with van der Waals surface area (Å²) < 4.78 is 5.34. The molecule has 2 N–H and O–H groups in total. The number of nitriles is 1. The Morgan fingerprint density at radius 2 is 1.89 bits per heavy atom. The monoisotopic (exact) mass is 374 g/mol. The van der Waals surface area contributed by atoms with E-state index in [1.54, 1.807) is 28.1 Å². The largest absolute Gasteiger partial charge is 0.444 e. The van der Waals surface area contributed by atoms with Crippen molar-refractivity contribution < 1.29 is 14.3 Å². The summed E-state index contributed by atoms with van der Waals surface area (Å²) in [7, 11) is 0. The number of anilines is 1. The van der Waals surface area contributed by atoms with E-state index in [4.69, 9.17) is 10.00 Å². The van der Waals surface area contributed by atoms with Gasteiger partial charge in [0.15, 0.2) is 0 Å². The molecule has 9 heteroatoms. The molecule has 1 aliphatic rings. The molecule has 2 rings (SSSR count). The highest BCUT2D eigenvalue weighted by atomic mass is 16.6. The predicted octanol–water partition coefficient (Wildman–Crippen LogP) is 1.63. The summed E-state index contributed by atoms with van der Waals surface area (Å²) in [5.74, 6) is 0.500. The Bertz CT molecular complexity index is 702. The Morgan fingerprint density at radius 1 is 1.22 bits per heavy atom. The minimum Gasteiger partial charge on any atom is -0.444 e. The molecule has 146 valence electrons. The van der Waals surface area contributed by atoms with Crippen LogP contribution in [0.5, 0.6) is 0 Å². The molecule has 2 heterocycles. The number of ether oxygens (including phenoxy) is 1. The number of hydrogen-bond donors (Lipinski definition) is 2. The molecule has 0 atom stereocenters. The number of aromatic nitrogens is 1. The van der Waals surface area contributed by atoms with Gasteiger partial charge in [0.2, 0.25) is 0 Å². The van der Waals surface area contributed by atoms with Crippen LogP contribution in [0.2, 0.25) is 0 Å².